The van der Waals surface area contributed by atoms with E-state index in [1.807, 2.05) is 0 Å². The average molecular weight is 227 g/mol. The molecule has 1 heterocycles. The topological polar surface area (TPSA) is 32.9 Å². The minimum Gasteiger partial charge on any atom is -0.360 e. The number of carbonyl (C=O) groups excluding carboxylic acids is 1. The van der Waals surface area contributed by atoms with Crippen molar-refractivity contribution >= 4 is 16.7 Å². The Morgan fingerprint density at radius 3 is 2.56 bits per heavy atom. The van der Waals surface area contributed by atoms with Crippen molar-refractivity contribution in [3.8, 4) is 0 Å². The standard InChI is InChI=1S/C11H8F3NO/c1-6(16)9-5-15-10-4-7(11(12,13)14)2-3-8(9)10/h2-5,15H,1H3. The maximum atomic E-state index is 12.4. The first-order valence-electron chi connectivity index (χ1n) is 4.59. The lowest BCUT2D eigenvalue weighted by Crippen LogP contribution is -2.04. The van der Waals surface area contributed by atoms with Gasteiger partial charge in [-0.3, -0.25) is 4.79 Å². The number of aromatic amines is 1. The Hall–Kier alpha value is -1.78. The molecule has 0 unspecified atom stereocenters. The molecule has 1 aromatic carbocycles. The molecule has 2 rings (SSSR count). The van der Waals surface area contributed by atoms with Crippen molar-refractivity contribution in [3.05, 3.63) is 35.5 Å². The van der Waals surface area contributed by atoms with E-state index in [4.69, 9.17) is 0 Å². The van der Waals surface area contributed by atoms with Gasteiger partial charge in [0.05, 0.1) is 5.56 Å². The zero-order chi connectivity index (χ0) is 11.9. The van der Waals surface area contributed by atoms with Gasteiger partial charge in [0.15, 0.2) is 5.78 Å². The highest BCUT2D eigenvalue weighted by atomic mass is 19.4. The maximum absolute atomic E-state index is 12.4. The Morgan fingerprint density at radius 2 is 2.00 bits per heavy atom. The van der Waals surface area contributed by atoms with E-state index < -0.39 is 11.7 Å². The summed E-state index contributed by atoms with van der Waals surface area (Å²) in [5.41, 5.74) is 0.000650. The summed E-state index contributed by atoms with van der Waals surface area (Å²) in [5, 5.41) is 0.514. The van der Waals surface area contributed by atoms with E-state index in [1.54, 1.807) is 0 Å². The van der Waals surface area contributed by atoms with E-state index in [9.17, 15) is 18.0 Å². The van der Waals surface area contributed by atoms with E-state index in [1.165, 1.54) is 19.2 Å². The summed E-state index contributed by atoms with van der Waals surface area (Å²) >= 11 is 0. The van der Waals surface area contributed by atoms with Gasteiger partial charge in [-0.15, -0.1) is 0 Å². The molecule has 0 aliphatic rings. The SMILES string of the molecule is CC(=O)c1c[nH]c2cc(C(F)(F)F)ccc12. The Bertz CT molecular complexity index is 554. The highest BCUT2D eigenvalue weighted by Gasteiger charge is 2.30. The fourth-order valence-electron chi connectivity index (χ4n) is 1.59. The van der Waals surface area contributed by atoms with Crippen molar-refractivity contribution < 1.29 is 18.0 Å². The predicted molar refractivity (Wildman–Crippen MR) is 53.3 cm³/mol. The largest absolute Gasteiger partial charge is 0.416 e. The Balaban J connectivity index is 2.62. The number of Topliss-reactive ketones (excluding diaryl/α,β-unsaturated/α-hetero) is 1. The van der Waals surface area contributed by atoms with Gasteiger partial charge in [0.25, 0.3) is 0 Å². The van der Waals surface area contributed by atoms with Crippen LogP contribution in [0.3, 0.4) is 0 Å². The van der Waals surface area contributed by atoms with Gasteiger partial charge in [0, 0.05) is 22.7 Å². The number of halogens is 3. The number of benzene rings is 1. The van der Waals surface area contributed by atoms with Crippen LogP contribution in [0.25, 0.3) is 10.9 Å². The van der Waals surface area contributed by atoms with Crippen LogP contribution in [0.5, 0.6) is 0 Å². The summed E-state index contributed by atoms with van der Waals surface area (Å²) in [7, 11) is 0. The van der Waals surface area contributed by atoms with Crippen LogP contribution in [0.4, 0.5) is 13.2 Å². The molecule has 0 aliphatic heterocycles. The van der Waals surface area contributed by atoms with Crippen LogP contribution in [-0.2, 0) is 6.18 Å². The summed E-state index contributed by atoms with van der Waals surface area (Å²) < 4.78 is 37.2. The number of rotatable bonds is 1. The van der Waals surface area contributed by atoms with Gasteiger partial charge < -0.3 is 4.98 Å². The summed E-state index contributed by atoms with van der Waals surface area (Å²) in [5.74, 6) is -0.175. The van der Waals surface area contributed by atoms with Gasteiger partial charge in [-0.2, -0.15) is 13.2 Å². The van der Waals surface area contributed by atoms with Gasteiger partial charge in [-0.05, 0) is 19.1 Å². The number of hydrogen-bond donors (Lipinski definition) is 1. The molecule has 0 aliphatic carbocycles. The molecular weight excluding hydrogens is 219 g/mol. The summed E-state index contributed by atoms with van der Waals surface area (Å²) in [6.45, 7) is 1.38. The number of fused-ring (bicyclic) bond motifs is 1. The van der Waals surface area contributed by atoms with Crippen molar-refractivity contribution in [2.24, 2.45) is 0 Å². The predicted octanol–water partition coefficient (Wildman–Crippen LogP) is 3.39. The van der Waals surface area contributed by atoms with Crippen molar-refractivity contribution in [2.45, 2.75) is 13.1 Å². The molecule has 84 valence electrons. The Kier molecular flexibility index (Phi) is 2.26. The first kappa shape index (κ1) is 10.7. The molecule has 0 amide bonds. The molecule has 5 heteroatoms. The summed E-state index contributed by atoms with van der Waals surface area (Å²) in [6.07, 6.45) is -2.94. The number of H-pyrrole nitrogens is 1. The highest BCUT2D eigenvalue weighted by Crippen LogP contribution is 2.31. The van der Waals surface area contributed by atoms with Gasteiger partial charge in [0.2, 0.25) is 0 Å². The van der Waals surface area contributed by atoms with Crippen molar-refractivity contribution in [2.75, 3.05) is 0 Å². The van der Waals surface area contributed by atoms with Crippen LogP contribution in [0, 0.1) is 0 Å². The third-order valence-electron chi connectivity index (χ3n) is 2.39. The van der Waals surface area contributed by atoms with E-state index in [-0.39, 0.29) is 5.78 Å². The third-order valence-corrected chi connectivity index (χ3v) is 2.39. The average Bonchev–Trinajstić information content (AvgIpc) is 2.58. The lowest BCUT2D eigenvalue weighted by molar-refractivity contribution is -0.137. The maximum Gasteiger partial charge on any atom is 0.416 e. The van der Waals surface area contributed by atoms with E-state index in [0.29, 0.717) is 16.5 Å². The molecule has 0 spiro atoms. The third kappa shape index (κ3) is 1.68. The highest BCUT2D eigenvalue weighted by molar-refractivity contribution is 6.06. The molecule has 2 aromatic rings. The molecule has 0 fully saturated rings. The van der Waals surface area contributed by atoms with Gasteiger partial charge >= 0.3 is 6.18 Å². The normalized spacial score (nSPS) is 12.0. The quantitative estimate of drug-likeness (QED) is 0.744. The smallest absolute Gasteiger partial charge is 0.360 e. The lowest BCUT2D eigenvalue weighted by atomic mass is 10.1. The van der Waals surface area contributed by atoms with E-state index in [2.05, 4.69) is 4.98 Å². The molecule has 2 nitrogen and oxygen atoms in total. The van der Waals surface area contributed by atoms with Crippen molar-refractivity contribution in [3.63, 3.8) is 0 Å². The second-order valence-electron chi connectivity index (χ2n) is 3.52. The zero-order valence-electron chi connectivity index (χ0n) is 8.35. The van der Waals surface area contributed by atoms with E-state index in [0.717, 1.165) is 12.1 Å². The number of carbonyl (C=O) groups is 1. The minimum absolute atomic E-state index is 0.175. The second kappa shape index (κ2) is 3.37. The van der Waals surface area contributed by atoms with Gasteiger partial charge in [-0.25, -0.2) is 0 Å². The Labute approximate surface area is 89.1 Å². The molecule has 1 aromatic heterocycles. The first-order valence-corrected chi connectivity index (χ1v) is 4.59. The fourth-order valence-corrected chi connectivity index (χ4v) is 1.59. The molecule has 0 saturated heterocycles. The molecule has 0 atom stereocenters. The number of alkyl halides is 3. The Morgan fingerprint density at radius 1 is 1.31 bits per heavy atom. The zero-order valence-corrected chi connectivity index (χ0v) is 8.35. The summed E-state index contributed by atoms with van der Waals surface area (Å²) in [4.78, 5) is 13.8. The lowest BCUT2D eigenvalue weighted by Gasteiger charge is -2.05. The molecule has 1 N–H and O–H groups in total. The monoisotopic (exact) mass is 227 g/mol. The van der Waals surface area contributed by atoms with Gasteiger partial charge in [-0.1, -0.05) is 6.07 Å². The van der Waals surface area contributed by atoms with Gasteiger partial charge in [0.1, 0.15) is 0 Å². The van der Waals surface area contributed by atoms with Crippen molar-refractivity contribution in [1.29, 1.82) is 0 Å². The van der Waals surface area contributed by atoms with Crippen LogP contribution in [-0.4, -0.2) is 10.8 Å². The first-order chi connectivity index (χ1) is 7.39. The van der Waals surface area contributed by atoms with E-state index >= 15 is 0 Å². The number of aromatic nitrogens is 1. The van der Waals surface area contributed by atoms with Crippen LogP contribution in [0.1, 0.15) is 22.8 Å². The second-order valence-corrected chi connectivity index (χ2v) is 3.52. The number of hydrogen-bond acceptors (Lipinski definition) is 1. The molecule has 0 bridgehead atoms. The van der Waals surface area contributed by atoms with Crippen LogP contribution >= 0.6 is 0 Å². The minimum atomic E-state index is -4.37. The van der Waals surface area contributed by atoms with Crippen LogP contribution in [0.2, 0.25) is 0 Å². The van der Waals surface area contributed by atoms with Crippen LogP contribution in [0.15, 0.2) is 24.4 Å². The fraction of sp³-hybridized carbons (Fsp3) is 0.182. The van der Waals surface area contributed by atoms with Crippen LogP contribution < -0.4 is 0 Å². The van der Waals surface area contributed by atoms with Crippen molar-refractivity contribution in [1.82, 2.24) is 4.98 Å². The summed E-state index contributed by atoms with van der Waals surface area (Å²) in [6, 6.07) is 3.29. The number of nitrogens with one attached hydrogen (secondary N) is 1. The molecule has 0 radical (unpaired) electrons. The molecule has 0 saturated carbocycles. The number of ketones is 1. The molecular formula is C11H8F3NO. The molecule has 16 heavy (non-hydrogen) atoms.